The lowest BCUT2D eigenvalue weighted by Gasteiger charge is -2.11. The highest BCUT2D eigenvalue weighted by atomic mass is 16.4. The first-order valence-corrected chi connectivity index (χ1v) is 5.30. The van der Waals surface area contributed by atoms with Gasteiger partial charge >= 0.3 is 5.97 Å². The summed E-state index contributed by atoms with van der Waals surface area (Å²) < 4.78 is 5.00. The van der Waals surface area contributed by atoms with Gasteiger partial charge in [0.2, 0.25) is 0 Å². The zero-order valence-corrected chi connectivity index (χ0v) is 9.37. The minimum Gasteiger partial charge on any atom is -0.479 e. The fraction of sp³-hybridized carbons (Fsp3) is 0.0769. The van der Waals surface area contributed by atoms with E-state index in [-0.39, 0.29) is 5.76 Å². The topological polar surface area (TPSA) is 79.5 Å². The smallest absolute Gasteiger partial charge is 0.334 e. The minimum absolute atomic E-state index is 0.187. The molecule has 0 aliphatic carbocycles. The number of carbonyl (C=O) groups excluding carboxylic acids is 1. The van der Waals surface area contributed by atoms with Crippen molar-refractivity contribution in [3.05, 3.63) is 60.1 Å². The van der Waals surface area contributed by atoms with Crippen LogP contribution in [0.2, 0.25) is 0 Å². The fourth-order valence-corrected chi connectivity index (χ4v) is 1.51. The highest BCUT2D eigenvalue weighted by Crippen LogP contribution is 2.14. The first-order chi connectivity index (χ1) is 8.68. The van der Waals surface area contributed by atoms with Crippen LogP contribution < -0.4 is 5.32 Å². The average molecular weight is 245 g/mol. The molecular weight excluding hydrogens is 234 g/mol. The first-order valence-electron chi connectivity index (χ1n) is 5.30. The Morgan fingerprint density at radius 2 is 1.83 bits per heavy atom. The number of furan rings is 1. The van der Waals surface area contributed by atoms with Gasteiger partial charge in [-0.1, -0.05) is 18.2 Å². The van der Waals surface area contributed by atoms with Gasteiger partial charge in [-0.05, 0) is 24.3 Å². The SMILES string of the molecule is O=C(NC(C(=O)O)c1ccco1)c1ccccc1. The maximum Gasteiger partial charge on any atom is 0.334 e. The summed E-state index contributed by atoms with van der Waals surface area (Å²) in [4.78, 5) is 22.9. The second-order valence-corrected chi connectivity index (χ2v) is 3.63. The molecule has 0 saturated heterocycles. The number of hydrogen-bond donors (Lipinski definition) is 2. The van der Waals surface area contributed by atoms with Crippen LogP contribution in [-0.2, 0) is 4.79 Å². The van der Waals surface area contributed by atoms with Crippen molar-refractivity contribution >= 4 is 11.9 Å². The van der Waals surface area contributed by atoms with Gasteiger partial charge < -0.3 is 14.8 Å². The lowest BCUT2D eigenvalue weighted by Crippen LogP contribution is -2.33. The van der Waals surface area contributed by atoms with Gasteiger partial charge in [0.25, 0.3) is 5.91 Å². The molecule has 18 heavy (non-hydrogen) atoms. The summed E-state index contributed by atoms with van der Waals surface area (Å²) in [6, 6.07) is 10.3. The van der Waals surface area contributed by atoms with Gasteiger partial charge in [-0.2, -0.15) is 0 Å². The number of nitrogens with one attached hydrogen (secondary N) is 1. The quantitative estimate of drug-likeness (QED) is 0.861. The van der Waals surface area contributed by atoms with Gasteiger partial charge in [0, 0.05) is 5.56 Å². The molecule has 0 fully saturated rings. The first kappa shape index (κ1) is 11.9. The van der Waals surface area contributed by atoms with Crippen molar-refractivity contribution in [1.82, 2.24) is 5.32 Å². The zero-order valence-electron chi connectivity index (χ0n) is 9.37. The van der Waals surface area contributed by atoms with E-state index in [1.807, 2.05) is 0 Å². The van der Waals surface area contributed by atoms with Crippen molar-refractivity contribution in [2.75, 3.05) is 0 Å². The number of carbonyl (C=O) groups is 2. The average Bonchev–Trinajstić information content (AvgIpc) is 2.90. The van der Waals surface area contributed by atoms with Crippen molar-refractivity contribution in [2.24, 2.45) is 0 Å². The van der Waals surface area contributed by atoms with E-state index in [2.05, 4.69) is 5.32 Å². The summed E-state index contributed by atoms with van der Waals surface area (Å²) in [7, 11) is 0. The molecule has 0 aliphatic rings. The van der Waals surface area contributed by atoms with E-state index < -0.39 is 17.9 Å². The highest BCUT2D eigenvalue weighted by Gasteiger charge is 2.24. The normalized spacial score (nSPS) is 11.8. The Morgan fingerprint density at radius 1 is 1.11 bits per heavy atom. The van der Waals surface area contributed by atoms with E-state index in [4.69, 9.17) is 9.52 Å². The van der Waals surface area contributed by atoms with Crippen molar-refractivity contribution in [3.63, 3.8) is 0 Å². The molecule has 5 heteroatoms. The Hall–Kier alpha value is -2.56. The Balaban J connectivity index is 2.16. The molecular formula is C13H11NO4. The van der Waals surface area contributed by atoms with Crippen molar-refractivity contribution in [3.8, 4) is 0 Å². The third-order valence-electron chi connectivity index (χ3n) is 2.39. The largest absolute Gasteiger partial charge is 0.479 e. The predicted molar refractivity (Wildman–Crippen MR) is 63.0 cm³/mol. The molecule has 1 heterocycles. The summed E-state index contributed by atoms with van der Waals surface area (Å²) in [6.45, 7) is 0. The third kappa shape index (κ3) is 2.57. The van der Waals surface area contributed by atoms with Gasteiger partial charge in [0.05, 0.1) is 6.26 Å². The number of benzene rings is 1. The minimum atomic E-state index is -1.19. The molecule has 0 radical (unpaired) electrons. The second-order valence-electron chi connectivity index (χ2n) is 3.63. The molecule has 1 aromatic heterocycles. The van der Waals surface area contributed by atoms with Gasteiger partial charge in [0.15, 0.2) is 6.04 Å². The predicted octanol–water partition coefficient (Wildman–Crippen LogP) is 1.84. The molecule has 1 atom stereocenters. The number of hydrogen-bond acceptors (Lipinski definition) is 3. The standard InChI is InChI=1S/C13H11NO4/c15-12(9-5-2-1-3-6-9)14-11(13(16)17)10-7-4-8-18-10/h1-8,11H,(H,14,15)(H,16,17). The van der Waals surface area contributed by atoms with E-state index in [0.29, 0.717) is 5.56 Å². The number of aliphatic carboxylic acids is 1. The van der Waals surface area contributed by atoms with E-state index in [9.17, 15) is 9.59 Å². The molecule has 1 amide bonds. The summed E-state index contributed by atoms with van der Waals surface area (Å²) in [5.41, 5.74) is 0.398. The lowest BCUT2D eigenvalue weighted by atomic mass is 10.1. The van der Waals surface area contributed by atoms with Crippen LogP contribution in [0.1, 0.15) is 22.2 Å². The molecule has 0 bridgehead atoms. The van der Waals surface area contributed by atoms with Crippen LogP contribution >= 0.6 is 0 Å². The second kappa shape index (κ2) is 5.18. The summed E-state index contributed by atoms with van der Waals surface area (Å²) >= 11 is 0. The Labute approximate surface area is 103 Å². The van der Waals surface area contributed by atoms with Gasteiger partial charge in [-0.3, -0.25) is 4.79 Å². The van der Waals surface area contributed by atoms with E-state index in [1.165, 1.54) is 12.3 Å². The van der Waals surface area contributed by atoms with Crippen LogP contribution in [-0.4, -0.2) is 17.0 Å². The highest BCUT2D eigenvalue weighted by molar-refractivity contribution is 5.96. The fourth-order valence-electron chi connectivity index (χ4n) is 1.51. The molecule has 1 aromatic carbocycles. The maximum absolute atomic E-state index is 11.8. The van der Waals surface area contributed by atoms with E-state index in [0.717, 1.165) is 0 Å². The lowest BCUT2D eigenvalue weighted by molar-refractivity contribution is -0.139. The van der Waals surface area contributed by atoms with E-state index in [1.54, 1.807) is 36.4 Å². The van der Waals surface area contributed by atoms with Crippen LogP contribution in [0, 0.1) is 0 Å². The van der Waals surface area contributed by atoms with Gasteiger partial charge in [-0.25, -0.2) is 4.79 Å². The molecule has 2 rings (SSSR count). The van der Waals surface area contributed by atoms with Crippen LogP contribution in [0.4, 0.5) is 0 Å². The maximum atomic E-state index is 11.8. The van der Waals surface area contributed by atoms with Crippen LogP contribution in [0.15, 0.2) is 53.1 Å². The molecule has 0 saturated carbocycles. The number of carboxylic acids is 1. The van der Waals surface area contributed by atoms with Gasteiger partial charge in [0.1, 0.15) is 5.76 Å². The van der Waals surface area contributed by atoms with Crippen LogP contribution in [0.5, 0.6) is 0 Å². The molecule has 1 unspecified atom stereocenters. The number of carboxylic acid groups (broad SMARTS) is 1. The number of amides is 1. The van der Waals surface area contributed by atoms with Crippen LogP contribution in [0.3, 0.4) is 0 Å². The van der Waals surface area contributed by atoms with Gasteiger partial charge in [-0.15, -0.1) is 0 Å². The van der Waals surface area contributed by atoms with Crippen molar-refractivity contribution in [1.29, 1.82) is 0 Å². The molecule has 2 aromatic rings. The van der Waals surface area contributed by atoms with Crippen molar-refractivity contribution < 1.29 is 19.1 Å². The Morgan fingerprint density at radius 3 is 2.39 bits per heavy atom. The molecule has 5 nitrogen and oxygen atoms in total. The number of rotatable bonds is 4. The monoisotopic (exact) mass is 245 g/mol. The molecule has 0 aliphatic heterocycles. The Kier molecular flexibility index (Phi) is 3.43. The summed E-state index contributed by atoms with van der Waals surface area (Å²) in [5.74, 6) is -1.44. The molecule has 0 spiro atoms. The summed E-state index contributed by atoms with van der Waals surface area (Å²) in [6.07, 6.45) is 1.36. The Bertz CT molecular complexity index is 533. The zero-order chi connectivity index (χ0) is 13.0. The summed E-state index contributed by atoms with van der Waals surface area (Å²) in [5, 5.41) is 11.5. The molecule has 2 N–H and O–H groups in total. The molecule has 92 valence electrons. The van der Waals surface area contributed by atoms with E-state index >= 15 is 0 Å². The van der Waals surface area contributed by atoms with Crippen LogP contribution in [0.25, 0.3) is 0 Å². The van der Waals surface area contributed by atoms with Crippen molar-refractivity contribution in [2.45, 2.75) is 6.04 Å². The third-order valence-corrected chi connectivity index (χ3v) is 2.39.